The molecule has 1 aromatic carbocycles. The average molecular weight is 263 g/mol. The Hall–Kier alpha value is -1.26. The summed E-state index contributed by atoms with van der Waals surface area (Å²) in [5.41, 5.74) is 5.00. The molecule has 4 heteroatoms. The van der Waals surface area contributed by atoms with E-state index in [4.69, 9.17) is 4.74 Å². The highest BCUT2D eigenvalue weighted by Gasteiger charge is 2.13. The molecule has 0 radical (unpaired) electrons. The SMILES string of the molecule is COc1cc(C)c(NCN2CCNCC2)c(C)c1C. The first-order valence-electron chi connectivity index (χ1n) is 6.95. The Labute approximate surface area is 116 Å². The second-order valence-electron chi connectivity index (χ2n) is 5.22. The maximum absolute atomic E-state index is 5.41. The molecule has 0 spiro atoms. The van der Waals surface area contributed by atoms with Crippen LogP contribution in [0.3, 0.4) is 0 Å². The first-order chi connectivity index (χ1) is 9.13. The van der Waals surface area contributed by atoms with Crippen LogP contribution in [0.5, 0.6) is 5.75 Å². The molecule has 19 heavy (non-hydrogen) atoms. The van der Waals surface area contributed by atoms with Gasteiger partial charge < -0.3 is 15.4 Å². The van der Waals surface area contributed by atoms with E-state index in [1.807, 2.05) is 0 Å². The molecule has 4 nitrogen and oxygen atoms in total. The first kappa shape index (κ1) is 14.2. The lowest BCUT2D eigenvalue weighted by molar-refractivity contribution is 0.256. The highest BCUT2D eigenvalue weighted by Crippen LogP contribution is 2.31. The second kappa shape index (κ2) is 6.26. The van der Waals surface area contributed by atoms with Crippen LogP contribution in [-0.2, 0) is 0 Å². The van der Waals surface area contributed by atoms with E-state index in [-0.39, 0.29) is 0 Å². The maximum atomic E-state index is 5.41. The number of rotatable bonds is 4. The van der Waals surface area contributed by atoms with Gasteiger partial charge in [-0.05, 0) is 43.5 Å². The van der Waals surface area contributed by atoms with Gasteiger partial charge in [-0.2, -0.15) is 0 Å². The van der Waals surface area contributed by atoms with Crippen LogP contribution in [-0.4, -0.2) is 44.9 Å². The van der Waals surface area contributed by atoms with Crippen LogP contribution < -0.4 is 15.4 Å². The van der Waals surface area contributed by atoms with Crippen molar-refractivity contribution < 1.29 is 4.74 Å². The summed E-state index contributed by atoms with van der Waals surface area (Å²) in [6.45, 7) is 11.7. The first-order valence-corrected chi connectivity index (χ1v) is 6.95. The number of nitrogens with zero attached hydrogens (tertiary/aromatic N) is 1. The molecule has 0 aromatic heterocycles. The standard InChI is InChI=1S/C15H25N3O/c1-11-9-14(19-4)12(2)13(3)15(11)17-10-18-7-5-16-6-8-18/h9,16-17H,5-8,10H2,1-4H3. The minimum atomic E-state index is 0.912. The van der Waals surface area contributed by atoms with Gasteiger partial charge in [0.25, 0.3) is 0 Å². The van der Waals surface area contributed by atoms with Gasteiger partial charge >= 0.3 is 0 Å². The van der Waals surface area contributed by atoms with Crippen LogP contribution in [0.2, 0.25) is 0 Å². The third-order valence-corrected chi connectivity index (χ3v) is 3.96. The summed E-state index contributed by atoms with van der Waals surface area (Å²) < 4.78 is 5.41. The molecule has 0 bridgehead atoms. The molecule has 0 aliphatic carbocycles. The summed E-state index contributed by atoms with van der Waals surface area (Å²) in [5.74, 6) is 0.975. The smallest absolute Gasteiger partial charge is 0.122 e. The molecule has 2 rings (SSSR count). The van der Waals surface area contributed by atoms with Crippen LogP contribution in [0, 0.1) is 20.8 Å². The number of piperazine rings is 1. The van der Waals surface area contributed by atoms with Gasteiger partial charge in [-0.3, -0.25) is 4.90 Å². The van der Waals surface area contributed by atoms with E-state index in [1.54, 1.807) is 7.11 Å². The van der Waals surface area contributed by atoms with Gasteiger partial charge in [0.1, 0.15) is 5.75 Å². The number of ether oxygens (including phenoxy) is 1. The van der Waals surface area contributed by atoms with Crippen LogP contribution >= 0.6 is 0 Å². The summed E-state index contributed by atoms with van der Waals surface area (Å²) in [6.07, 6.45) is 0. The van der Waals surface area contributed by atoms with Crippen molar-refractivity contribution >= 4 is 5.69 Å². The fourth-order valence-electron chi connectivity index (χ4n) is 2.59. The zero-order valence-corrected chi connectivity index (χ0v) is 12.5. The third kappa shape index (κ3) is 3.19. The van der Waals surface area contributed by atoms with Gasteiger partial charge in [-0.25, -0.2) is 0 Å². The van der Waals surface area contributed by atoms with Gasteiger partial charge in [-0.1, -0.05) is 0 Å². The van der Waals surface area contributed by atoms with Crippen molar-refractivity contribution in [3.63, 3.8) is 0 Å². The van der Waals surface area contributed by atoms with E-state index in [0.717, 1.165) is 38.6 Å². The molecular formula is C15H25N3O. The molecule has 0 amide bonds. The van der Waals surface area contributed by atoms with Crippen molar-refractivity contribution in [3.8, 4) is 5.75 Å². The van der Waals surface area contributed by atoms with E-state index in [9.17, 15) is 0 Å². The van der Waals surface area contributed by atoms with Crippen molar-refractivity contribution in [2.45, 2.75) is 20.8 Å². The zero-order chi connectivity index (χ0) is 13.8. The lowest BCUT2D eigenvalue weighted by Crippen LogP contribution is -2.45. The Kier molecular flexibility index (Phi) is 4.66. The van der Waals surface area contributed by atoms with Crippen LogP contribution in [0.4, 0.5) is 5.69 Å². The molecule has 106 valence electrons. The zero-order valence-electron chi connectivity index (χ0n) is 12.5. The van der Waals surface area contributed by atoms with E-state index in [0.29, 0.717) is 0 Å². The highest BCUT2D eigenvalue weighted by atomic mass is 16.5. The van der Waals surface area contributed by atoms with Crippen molar-refractivity contribution in [1.82, 2.24) is 10.2 Å². The maximum Gasteiger partial charge on any atom is 0.122 e. The van der Waals surface area contributed by atoms with E-state index >= 15 is 0 Å². The lowest BCUT2D eigenvalue weighted by Gasteiger charge is -2.28. The van der Waals surface area contributed by atoms with E-state index in [2.05, 4.69) is 42.4 Å². The summed E-state index contributed by atoms with van der Waals surface area (Å²) in [5, 5.41) is 6.96. The number of aryl methyl sites for hydroxylation is 1. The topological polar surface area (TPSA) is 36.5 Å². The molecule has 1 saturated heterocycles. The van der Waals surface area contributed by atoms with Gasteiger partial charge in [0.15, 0.2) is 0 Å². The fourth-order valence-corrected chi connectivity index (χ4v) is 2.59. The third-order valence-electron chi connectivity index (χ3n) is 3.96. The van der Waals surface area contributed by atoms with Crippen molar-refractivity contribution in [3.05, 3.63) is 22.8 Å². The van der Waals surface area contributed by atoms with Gasteiger partial charge in [0, 0.05) is 31.9 Å². The molecule has 1 aliphatic rings. The Morgan fingerprint density at radius 1 is 1.21 bits per heavy atom. The number of anilines is 1. The number of hydrogen-bond donors (Lipinski definition) is 2. The van der Waals surface area contributed by atoms with Crippen molar-refractivity contribution in [1.29, 1.82) is 0 Å². The number of benzene rings is 1. The Bertz CT molecular complexity index is 440. The Morgan fingerprint density at radius 3 is 2.53 bits per heavy atom. The van der Waals surface area contributed by atoms with Gasteiger partial charge in [0.2, 0.25) is 0 Å². The molecule has 0 saturated carbocycles. The van der Waals surface area contributed by atoms with Crippen LogP contribution in [0.1, 0.15) is 16.7 Å². The molecule has 0 unspecified atom stereocenters. The Morgan fingerprint density at radius 2 is 1.89 bits per heavy atom. The molecule has 1 aromatic rings. The minimum Gasteiger partial charge on any atom is -0.496 e. The summed E-state index contributed by atoms with van der Waals surface area (Å²) >= 11 is 0. The van der Waals surface area contributed by atoms with Crippen molar-refractivity contribution in [2.75, 3.05) is 45.3 Å². The number of nitrogens with one attached hydrogen (secondary N) is 2. The van der Waals surface area contributed by atoms with E-state index < -0.39 is 0 Å². The minimum absolute atomic E-state index is 0.912. The molecule has 1 heterocycles. The van der Waals surface area contributed by atoms with Crippen LogP contribution in [0.15, 0.2) is 6.07 Å². The van der Waals surface area contributed by atoms with Crippen molar-refractivity contribution in [2.24, 2.45) is 0 Å². The molecule has 1 fully saturated rings. The van der Waals surface area contributed by atoms with Crippen LogP contribution in [0.25, 0.3) is 0 Å². The second-order valence-corrected chi connectivity index (χ2v) is 5.22. The monoisotopic (exact) mass is 263 g/mol. The molecule has 2 N–H and O–H groups in total. The molecule has 1 aliphatic heterocycles. The summed E-state index contributed by atoms with van der Waals surface area (Å²) in [6, 6.07) is 2.11. The number of methoxy groups -OCH3 is 1. The largest absolute Gasteiger partial charge is 0.496 e. The highest BCUT2D eigenvalue weighted by molar-refractivity contribution is 5.63. The van der Waals surface area contributed by atoms with Gasteiger partial charge in [-0.15, -0.1) is 0 Å². The number of hydrogen-bond acceptors (Lipinski definition) is 4. The molecule has 0 atom stereocenters. The fraction of sp³-hybridized carbons (Fsp3) is 0.600. The summed E-state index contributed by atoms with van der Waals surface area (Å²) in [4.78, 5) is 2.44. The quantitative estimate of drug-likeness (QED) is 0.870. The summed E-state index contributed by atoms with van der Waals surface area (Å²) in [7, 11) is 1.73. The lowest BCUT2D eigenvalue weighted by atomic mass is 10.0. The average Bonchev–Trinajstić information content (AvgIpc) is 2.44. The Balaban J connectivity index is 2.09. The predicted octanol–water partition coefficient (Wildman–Crippen LogP) is 1.90. The van der Waals surface area contributed by atoms with E-state index in [1.165, 1.54) is 22.4 Å². The van der Waals surface area contributed by atoms with Gasteiger partial charge in [0.05, 0.1) is 13.8 Å². The normalized spacial score (nSPS) is 16.4. The predicted molar refractivity (Wildman–Crippen MR) is 80.1 cm³/mol. The molecular weight excluding hydrogens is 238 g/mol.